The molecule has 1 aliphatic rings. The number of amides is 1. The molecule has 108 valence electrons. The molecule has 0 unspecified atom stereocenters. The number of carbonyl (C=O) groups is 1. The van der Waals surface area contributed by atoms with Crippen LogP contribution in [0.1, 0.15) is 23.6 Å². The molecule has 3 heteroatoms. The number of nitrogens with one attached hydrogen (secondary N) is 1. The Hall–Kier alpha value is -2.13. The molecule has 3 nitrogen and oxygen atoms in total. The minimum Gasteiger partial charge on any atom is -0.345 e. The maximum Gasteiger partial charge on any atom is 0.237 e. The van der Waals surface area contributed by atoms with Gasteiger partial charge in [-0.2, -0.15) is 0 Å². The Morgan fingerprint density at radius 3 is 2.10 bits per heavy atom. The third-order valence-electron chi connectivity index (χ3n) is 4.21. The first-order valence-electron chi connectivity index (χ1n) is 7.31. The molecule has 0 bridgehead atoms. The molecule has 3 N–H and O–H groups in total. The lowest BCUT2D eigenvalue weighted by Crippen LogP contribution is -2.51. The lowest BCUT2D eigenvalue weighted by atomic mass is 9.86. The number of hydrogen-bond acceptors (Lipinski definition) is 2. The highest BCUT2D eigenvalue weighted by atomic mass is 16.2. The van der Waals surface area contributed by atoms with Crippen molar-refractivity contribution in [2.45, 2.75) is 31.3 Å². The summed E-state index contributed by atoms with van der Waals surface area (Å²) in [4.78, 5) is 12.2. The van der Waals surface area contributed by atoms with Gasteiger partial charge in [0.2, 0.25) is 5.91 Å². The highest BCUT2D eigenvalue weighted by Crippen LogP contribution is 2.37. The fraction of sp³-hybridized carbons (Fsp3) is 0.278. The topological polar surface area (TPSA) is 55.1 Å². The van der Waals surface area contributed by atoms with Gasteiger partial charge < -0.3 is 11.1 Å². The summed E-state index contributed by atoms with van der Waals surface area (Å²) >= 11 is 0. The number of nitrogens with two attached hydrogens (primary N) is 1. The standard InChI is InChI=1S/C18H20N2O/c1-13(19)17(21)20-18(16-9-3-2-4-10-16)11-14-7-5-6-8-15(14)12-18/h2-10,13H,11-12,19H2,1H3,(H,20,21)/t13-/m1/s1. The van der Waals surface area contributed by atoms with Crippen molar-refractivity contribution in [2.75, 3.05) is 0 Å². The van der Waals surface area contributed by atoms with Crippen molar-refractivity contribution in [3.8, 4) is 0 Å². The normalized spacial score (nSPS) is 17.0. The molecule has 0 radical (unpaired) electrons. The molecule has 0 saturated carbocycles. The van der Waals surface area contributed by atoms with E-state index in [0.29, 0.717) is 0 Å². The van der Waals surface area contributed by atoms with Gasteiger partial charge in [-0.1, -0.05) is 54.6 Å². The van der Waals surface area contributed by atoms with Gasteiger partial charge in [-0.3, -0.25) is 4.79 Å². The zero-order valence-electron chi connectivity index (χ0n) is 12.2. The van der Waals surface area contributed by atoms with Crippen LogP contribution in [0, 0.1) is 0 Å². The van der Waals surface area contributed by atoms with Crippen LogP contribution in [0.5, 0.6) is 0 Å². The maximum atomic E-state index is 12.2. The second kappa shape index (κ2) is 5.34. The Kier molecular flexibility index (Phi) is 3.52. The quantitative estimate of drug-likeness (QED) is 0.905. The zero-order chi connectivity index (χ0) is 14.9. The Morgan fingerprint density at radius 1 is 1.05 bits per heavy atom. The van der Waals surface area contributed by atoms with Crippen molar-refractivity contribution in [1.82, 2.24) is 5.32 Å². The largest absolute Gasteiger partial charge is 0.345 e. The van der Waals surface area contributed by atoms with E-state index in [2.05, 4.69) is 29.6 Å². The van der Waals surface area contributed by atoms with Gasteiger partial charge in [0.1, 0.15) is 0 Å². The Bertz CT molecular complexity index is 624. The van der Waals surface area contributed by atoms with Crippen LogP contribution < -0.4 is 11.1 Å². The van der Waals surface area contributed by atoms with Crippen LogP contribution in [0.3, 0.4) is 0 Å². The molecule has 0 saturated heterocycles. The van der Waals surface area contributed by atoms with E-state index in [-0.39, 0.29) is 11.4 Å². The SMILES string of the molecule is C[C@@H](N)C(=O)NC1(c2ccccc2)Cc2ccccc2C1. The van der Waals surface area contributed by atoms with Gasteiger partial charge in [-0.15, -0.1) is 0 Å². The molecule has 3 rings (SSSR count). The summed E-state index contributed by atoms with van der Waals surface area (Å²) in [5, 5.41) is 3.19. The third-order valence-corrected chi connectivity index (χ3v) is 4.21. The van der Waals surface area contributed by atoms with Crippen molar-refractivity contribution >= 4 is 5.91 Å². The molecule has 1 aliphatic carbocycles. The zero-order valence-corrected chi connectivity index (χ0v) is 12.2. The number of hydrogen-bond donors (Lipinski definition) is 2. The van der Waals surface area contributed by atoms with E-state index in [0.717, 1.165) is 18.4 Å². The molecule has 0 fully saturated rings. The van der Waals surface area contributed by atoms with E-state index in [1.165, 1.54) is 11.1 Å². The Labute approximate surface area is 125 Å². The summed E-state index contributed by atoms with van der Waals surface area (Å²) in [5.41, 5.74) is 9.09. The van der Waals surface area contributed by atoms with E-state index < -0.39 is 6.04 Å². The third kappa shape index (κ3) is 2.57. The first-order valence-corrected chi connectivity index (χ1v) is 7.31. The van der Waals surface area contributed by atoms with Gasteiger partial charge in [0.05, 0.1) is 11.6 Å². The molecule has 0 aromatic heterocycles. The summed E-state index contributed by atoms with van der Waals surface area (Å²) in [6.07, 6.45) is 1.62. The molecule has 0 aliphatic heterocycles. The minimum atomic E-state index is -0.505. The average molecular weight is 280 g/mol. The van der Waals surface area contributed by atoms with Crippen molar-refractivity contribution in [2.24, 2.45) is 5.73 Å². The fourth-order valence-electron chi connectivity index (χ4n) is 3.09. The Morgan fingerprint density at radius 2 is 1.57 bits per heavy atom. The molecule has 1 atom stereocenters. The number of rotatable bonds is 3. The summed E-state index contributed by atoms with van der Waals surface area (Å²) in [6.45, 7) is 1.72. The molecule has 1 amide bonds. The number of benzene rings is 2. The van der Waals surface area contributed by atoms with E-state index in [1.807, 2.05) is 30.3 Å². The van der Waals surface area contributed by atoms with Gasteiger partial charge in [-0.05, 0) is 23.6 Å². The number of carbonyl (C=O) groups excluding carboxylic acids is 1. The van der Waals surface area contributed by atoms with Crippen LogP contribution in [0.4, 0.5) is 0 Å². The van der Waals surface area contributed by atoms with E-state index >= 15 is 0 Å². The van der Waals surface area contributed by atoms with Gasteiger partial charge >= 0.3 is 0 Å². The molecular formula is C18H20N2O. The lowest BCUT2D eigenvalue weighted by Gasteiger charge is -2.32. The summed E-state index contributed by atoms with van der Waals surface area (Å²) < 4.78 is 0. The lowest BCUT2D eigenvalue weighted by molar-refractivity contribution is -0.124. The first-order chi connectivity index (χ1) is 10.1. The first kappa shape index (κ1) is 13.8. The van der Waals surface area contributed by atoms with E-state index in [9.17, 15) is 4.79 Å². The van der Waals surface area contributed by atoms with Crippen LogP contribution in [0.15, 0.2) is 54.6 Å². The average Bonchev–Trinajstić information content (AvgIpc) is 2.87. The molecule has 0 heterocycles. The van der Waals surface area contributed by atoms with Gasteiger partial charge in [-0.25, -0.2) is 0 Å². The van der Waals surface area contributed by atoms with E-state index in [1.54, 1.807) is 6.92 Å². The van der Waals surface area contributed by atoms with Gasteiger partial charge in [0, 0.05) is 12.8 Å². The predicted molar refractivity (Wildman–Crippen MR) is 83.8 cm³/mol. The van der Waals surface area contributed by atoms with Crippen LogP contribution >= 0.6 is 0 Å². The molecule has 2 aromatic carbocycles. The number of fused-ring (bicyclic) bond motifs is 1. The van der Waals surface area contributed by atoms with Gasteiger partial charge in [0.15, 0.2) is 0 Å². The van der Waals surface area contributed by atoms with Crippen molar-refractivity contribution in [1.29, 1.82) is 0 Å². The highest BCUT2D eigenvalue weighted by Gasteiger charge is 2.40. The van der Waals surface area contributed by atoms with Crippen LogP contribution in [-0.2, 0) is 23.2 Å². The molecule has 21 heavy (non-hydrogen) atoms. The fourth-order valence-corrected chi connectivity index (χ4v) is 3.09. The summed E-state index contributed by atoms with van der Waals surface area (Å²) in [6, 6.07) is 18.0. The smallest absolute Gasteiger partial charge is 0.237 e. The van der Waals surface area contributed by atoms with Crippen LogP contribution in [0.2, 0.25) is 0 Å². The van der Waals surface area contributed by atoms with Crippen molar-refractivity contribution in [3.63, 3.8) is 0 Å². The predicted octanol–water partition coefficient (Wildman–Crippen LogP) is 2.14. The molecule has 2 aromatic rings. The van der Waals surface area contributed by atoms with Gasteiger partial charge in [0.25, 0.3) is 0 Å². The van der Waals surface area contributed by atoms with Crippen molar-refractivity contribution < 1.29 is 4.79 Å². The molecular weight excluding hydrogens is 260 g/mol. The van der Waals surface area contributed by atoms with Crippen LogP contribution in [0.25, 0.3) is 0 Å². The summed E-state index contributed by atoms with van der Waals surface area (Å²) in [7, 11) is 0. The van der Waals surface area contributed by atoms with Crippen molar-refractivity contribution in [3.05, 3.63) is 71.3 Å². The highest BCUT2D eigenvalue weighted by molar-refractivity contribution is 5.82. The Balaban J connectivity index is 2.00. The second-order valence-electron chi connectivity index (χ2n) is 5.85. The molecule has 0 spiro atoms. The second-order valence-corrected chi connectivity index (χ2v) is 5.85. The van der Waals surface area contributed by atoms with Crippen LogP contribution in [-0.4, -0.2) is 11.9 Å². The van der Waals surface area contributed by atoms with E-state index in [4.69, 9.17) is 5.73 Å². The maximum absolute atomic E-state index is 12.2. The summed E-state index contributed by atoms with van der Waals surface area (Å²) in [5.74, 6) is -0.105. The monoisotopic (exact) mass is 280 g/mol. The minimum absolute atomic E-state index is 0.105.